The highest BCUT2D eigenvalue weighted by Gasteiger charge is 2.22. The molecule has 3 rings (SSSR count). The topological polar surface area (TPSA) is 70.9 Å². The monoisotopic (exact) mass is 229 g/mol. The molecule has 2 aliphatic heterocycles. The van der Waals surface area contributed by atoms with Crippen LogP contribution in [0.1, 0.15) is 30.0 Å². The molecule has 1 unspecified atom stereocenters. The molecule has 5 heteroatoms. The Balaban J connectivity index is 1.90. The van der Waals surface area contributed by atoms with Gasteiger partial charge in [0, 0.05) is 12.1 Å². The molecule has 1 aromatic carbocycles. The normalized spacial score (nSPS) is 22.5. The molecule has 0 aliphatic carbocycles. The molecule has 0 bridgehead atoms. The van der Waals surface area contributed by atoms with Gasteiger partial charge in [0.15, 0.2) is 0 Å². The number of nitrogens with one attached hydrogen (secondary N) is 1. The fourth-order valence-electron chi connectivity index (χ4n) is 2.19. The van der Waals surface area contributed by atoms with Crippen molar-refractivity contribution in [1.29, 1.82) is 0 Å². The second-order valence-electron chi connectivity index (χ2n) is 4.31. The van der Waals surface area contributed by atoms with Gasteiger partial charge in [-0.3, -0.25) is 9.59 Å². The van der Waals surface area contributed by atoms with Crippen LogP contribution in [0.2, 0.25) is 0 Å². The Morgan fingerprint density at radius 3 is 2.94 bits per heavy atom. The average molecular weight is 229 g/mol. The number of hydrogen-bond acceptors (Lipinski definition) is 3. The van der Waals surface area contributed by atoms with Crippen LogP contribution in [-0.4, -0.2) is 11.8 Å². The molecule has 1 N–H and O–H groups in total. The number of anilines is 1. The lowest BCUT2D eigenvalue weighted by molar-refractivity contribution is -0.119. The van der Waals surface area contributed by atoms with Gasteiger partial charge in [-0.2, -0.15) is 5.11 Å². The maximum Gasteiger partial charge on any atom is 0.264 e. The Hall–Kier alpha value is -2.04. The van der Waals surface area contributed by atoms with E-state index in [1.807, 2.05) is 18.2 Å². The molecule has 5 nitrogen and oxygen atoms in total. The van der Waals surface area contributed by atoms with Crippen molar-refractivity contribution in [3.05, 3.63) is 29.3 Å². The molecule has 1 aromatic rings. The number of carbonyl (C=O) groups excluding carboxylic acids is 2. The number of hydrogen-bond donors (Lipinski definition) is 1. The zero-order valence-electron chi connectivity index (χ0n) is 9.14. The second kappa shape index (κ2) is 3.76. The Morgan fingerprint density at radius 1 is 1.29 bits per heavy atom. The third-order valence-electron chi connectivity index (χ3n) is 3.08. The van der Waals surface area contributed by atoms with Crippen molar-refractivity contribution in [2.75, 3.05) is 5.32 Å². The lowest BCUT2D eigenvalue weighted by Crippen LogP contribution is -2.06. The minimum atomic E-state index is -0.153. The summed E-state index contributed by atoms with van der Waals surface area (Å²) in [6, 6.07) is 5.76. The largest absolute Gasteiger partial charge is 0.326 e. The summed E-state index contributed by atoms with van der Waals surface area (Å²) in [5, 5.41) is 10.4. The Morgan fingerprint density at radius 2 is 2.18 bits per heavy atom. The summed E-state index contributed by atoms with van der Waals surface area (Å²) in [4.78, 5) is 22.2. The van der Waals surface area contributed by atoms with E-state index >= 15 is 0 Å². The second-order valence-corrected chi connectivity index (χ2v) is 4.31. The average Bonchev–Trinajstić information content (AvgIpc) is 2.69. The predicted octanol–water partition coefficient (Wildman–Crippen LogP) is 1.99. The summed E-state index contributed by atoms with van der Waals surface area (Å²) in [6.45, 7) is 0. The van der Waals surface area contributed by atoms with E-state index in [-0.39, 0.29) is 17.9 Å². The van der Waals surface area contributed by atoms with Gasteiger partial charge in [0.05, 0.1) is 12.5 Å². The highest BCUT2D eigenvalue weighted by atomic mass is 16.2. The highest BCUT2D eigenvalue weighted by molar-refractivity contribution is 5.99. The number of azo groups is 1. The fraction of sp³-hybridized carbons (Fsp3) is 0.333. The van der Waals surface area contributed by atoms with Gasteiger partial charge in [0.1, 0.15) is 0 Å². The van der Waals surface area contributed by atoms with Crippen molar-refractivity contribution in [3.63, 3.8) is 0 Å². The molecule has 17 heavy (non-hydrogen) atoms. The van der Waals surface area contributed by atoms with E-state index < -0.39 is 0 Å². The first-order valence-corrected chi connectivity index (χ1v) is 5.59. The van der Waals surface area contributed by atoms with Crippen LogP contribution in [0.4, 0.5) is 5.69 Å². The van der Waals surface area contributed by atoms with Crippen LogP contribution >= 0.6 is 0 Å². The van der Waals surface area contributed by atoms with E-state index in [0.717, 1.165) is 16.8 Å². The van der Waals surface area contributed by atoms with E-state index in [2.05, 4.69) is 15.5 Å². The summed E-state index contributed by atoms with van der Waals surface area (Å²) in [6.07, 6.45) is 1.57. The van der Waals surface area contributed by atoms with E-state index in [4.69, 9.17) is 0 Å². The van der Waals surface area contributed by atoms with Crippen molar-refractivity contribution in [2.24, 2.45) is 10.2 Å². The first kappa shape index (κ1) is 10.1. The molecule has 0 aromatic heterocycles. The summed E-state index contributed by atoms with van der Waals surface area (Å²) in [5.41, 5.74) is 2.90. The number of rotatable bonds is 1. The van der Waals surface area contributed by atoms with Gasteiger partial charge in [-0.25, -0.2) is 0 Å². The molecule has 0 fully saturated rings. The highest BCUT2D eigenvalue weighted by Crippen LogP contribution is 2.31. The number of nitrogens with zero attached hydrogens (tertiary/aromatic N) is 2. The molecule has 0 saturated carbocycles. The third kappa shape index (κ3) is 1.84. The predicted molar refractivity (Wildman–Crippen MR) is 60.6 cm³/mol. The van der Waals surface area contributed by atoms with Crippen LogP contribution < -0.4 is 5.32 Å². The van der Waals surface area contributed by atoms with Gasteiger partial charge >= 0.3 is 0 Å². The first-order valence-electron chi connectivity index (χ1n) is 5.59. The quantitative estimate of drug-likeness (QED) is 0.799. The molecule has 2 amide bonds. The van der Waals surface area contributed by atoms with Gasteiger partial charge < -0.3 is 5.32 Å². The number of fused-ring (bicyclic) bond motifs is 1. The van der Waals surface area contributed by atoms with Crippen molar-refractivity contribution < 1.29 is 9.59 Å². The fourth-order valence-corrected chi connectivity index (χ4v) is 2.19. The number of benzene rings is 1. The lowest BCUT2D eigenvalue weighted by Gasteiger charge is -2.14. The van der Waals surface area contributed by atoms with Gasteiger partial charge in [-0.05, 0) is 23.6 Å². The molecular weight excluding hydrogens is 218 g/mol. The van der Waals surface area contributed by atoms with Crippen LogP contribution in [0.3, 0.4) is 0 Å². The summed E-state index contributed by atoms with van der Waals surface area (Å²) in [5.74, 6) is -0.128. The zero-order valence-corrected chi connectivity index (χ0v) is 9.14. The maximum absolute atomic E-state index is 11.2. The van der Waals surface area contributed by atoms with Gasteiger partial charge in [-0.1, -0.05) is 12.1 Å². The molecule has 86 valence electrons. The summed E-state index contributed by atoms with van der Waals surface area (Å²) < 4.78 is 0. The van der Waals surface area contributed by atoms with Crippen LogP contribution in [-0.2, 0) is 16.0 Å². The van der Waals surface area contributed by atoms with Gasteiger partial charge in [0.2, 0.25) is 5.91 Å². The van der Waals surface area contributed by atoms with Crippen LogP contribution in [0, 0.1) is 0 Å². The zero-order chi connectivity index (χ0) is 11.8. The minimum Gasteiger partial charge on any atom is -0.326 e. The molecule has 1 atom stereocenters. The first-order chi connectivity index (χ1) is 8.22. The molecule has 0 radical (unpaired) electrons. The molecular formula is C12H11N3O2. The SMILES string of the molecule is O=C1CCC(c2ccc3c(c2)CC(=O)N3)N=N1. The molecule has 0 spiro atoms. The molecule has 2 aliphatic rings. The van der Waals surface area contributed by atoms with Crippen LogP contribution in [0.5, 0.6) is 0 Å². The number of carbonyl (C=O) groups is 2. The lowest BCUT2D eigenvalue weighted by atomic mass is 9.99. The minimum absolute atomic E-state index is 0.0256. The third-order valence-corrected chi connectivity index (χ3v) is 3.08. The van der Waals surface area contributed by atoms with E-state index in [1.165, 1.54) is 0 Å². The smallest absolute Gasteiger partial charge is 0.264 e. The Labute approximate surface area is 97.9 Å². The Bertz CT molecular complexity index is 537. The number of amides is 2. The van der Waals surface area contributed by atoms with E-state index in [0.29, 0.717) is 19.3 Å². The maximum atomic E-state index is 11.2. The van der Waals surface area contributed by atoms with E-state index in [9.17, 15) is 9.59 Å². The molecule has 2 heterocycles. The summed E-state index contributed by atoms with van der Waals surface area (Å²) >= 11 is 0. The molecule has 0 saturated heterocycles. The van der Waals surface area contributed by atoms with Gasteiger partial charge in [0.25, 0.3) is 5.91 Å². The standard InChI is InChI=1S/C12H11N3O2/c16-11-4-3-10(14-15-11)7-1-2-9-8(5-7)6-12(17)13-9/h1-2,5,10H,3-4,6H2,(H,13,17). The van der Waals surface area contributed by atoms with Crippen LogP contribution in [0.25, 0.3) is 0 Å². The van der Waals surface area contributed by atoms with Crippen LogP contribution in [0.15, 0.2) is 28.4 Å². The Kier molecular flexibility index (Phi) is 2.24. The van der Waals surface area contributed by atoms with Crippen molar-refractivity contribution in [1.82, 2.24) is 0 Å². The van der Waals surface area contributed by atoms with Crippen molar-refractivity contribution >= 4 is 17.5 Å². The van der Waals surface area contributed by atoms with Crippen molar-refractivity contribution in [2.45, 2.75) is 25.3 Å². The van der Waals surface area contributed by atoms with Gasteiger partial charge in [-0.15, -0.1) is 5.11 Å². The summed E-state index contributed by atoms with van der Waals surface area (Å²) in [7, 11) is 0. The van der Waals surface area contributed by atoms with Crippen molar-refractivity contribution in [3.8, 4) is 0 Å². The van der Waals surface area contributed by atoms with E-state index in [1.54, 1.807) is 0 Å².